The van der Waals surface area contributed by atoms with Crippen molar-refractivity contribution in [3.63, 3.8) is 0 Å². The molecule has 1 heterocycles. The largest absolute Gasteiger partial charge is 0.444 e. The number of ketones is 1. The van der Waals surface area contributed by atoms with Crippen molar-refractivity contribution in [2.45, 2.75) is 65.0 Å². The number of Topliss-reactive ketones (excluding diaryl/α,β-unsaturated/α-hetero) is 1. The van der Waals surface area contributed by atoms with Crippen LogP contribution >= 0.6 is 0 Å². The first-order valence-corrected chi connectivity index (χ1v) is 8.36. The summed E-state index contributed by atoms with van der Waals surface area (Å²) in [5.41, 5.74) is 1.28. The van der Waals surface area contributed by atoms with Crippen LogP contribution in [0, 0.1) is 6.92 Å². The van der Waals surface area contributed by atoms with E-state index in [1.807, 2.05) is 52.0 Å². The molecule has 4 heteroatoms. The number of rotatable bonds is 3. The summed E-state index contributed by atoms with van der Waals surface area (Å²) in [7, 11) is 0. The van der Waals surface area contributed by atoms with E-state index in [9.17, 15) is 9.59 Å². The number of amides is 1. The average Bonchev–Trinajstić information content (AvgIpc) is 2.46. The van der Waals surface area contributed by atoms with Crippen LogP contribution < -0.4 is 0 Å². The van der Waals surface area contributed by atoms with Crippen LogP contribution in [0.1, 0.15) is 62.4 Å². The van der Waals surface area contributed by atoms with Gasteiger partial charge >= 0.3 is 6.09 Å². The van der Waals surface area contributed by atoms with Crippen LogP contribution in [0.5, 0.6) is 0 Å². The van der Waals surface area contributed by atoms with Crippen molar-refractivity contribution in [1.29, 1.82) is 0 Å². The Kier molecular flexibility index (Phi) is 5.45. The number of hydrogen-bond acceptors (Lipinski definition) is 3. The number of carbonyl (C=O) groups excluding carboxylic acids is 2. The van der Waals surface area contributed by atoms with Crippen molar-refractivity contribution in [2.24, 2.45) is 0 Å². The molecule has 1 aromatic rings. The molecule has 1 aromatic carbocycles. The standard InChI is InChI=1S/C19H27NO3/c1-14-8-7-9-15(12-14)17(21)13-16-10-5-6-11-20(16)18(22)23-19(2,3)4/h7-9,12,16H,5-6,10-11,13H2,1-4H3. The SMILES string of the molecule is Cc1cccc(C(=O)CC2CCCCN2C(=O)OC(C)(C)C)c1. The van der Waals surface area contributed by atoms with Crippen molar-refractivity contribution >= 4 is 11.9 Å². The van der Waals surface area contributed by atoms with Crippen LogP contribution in [0.3, 0.4) is 0 Å². The average molecular weight is 317 g/mol. The van der Waals surface area contributed by atoms with E-state index in [0.29, 0.717) is 13.0 Å². The quantitative estimate of drug-likeness (QED) is 0.778. The van der Waals surface area contributed by atoms with E-state index in [1.165, 1.54) is 0 Å². The number of ether oxygens (including phenoxy) is 1. The van der Waals surface area contributed by atoms with Gasteiger partial charge < -0.3 is 9.64 Å². The van der Waals surface area contributed by atoms with Crippen molar-refractivity contribution in [3.05, 3.63) is 35.4 Å². The number of benzene rings is 1. The van der Waals surface area contributed by atoms with Crippen LogP contribution in [0.2, 0.25) is 0 Å². The van der Waals surface area contributed by atoms with Gasteiger partial charge in [-0.1, -0.05) is 23.8 Å². The molecule has 2 rings (SSSR count). The summed E-state index contributed by atoms with van der Waals surface area (Å²) in [6.45, 7) is 8.23. The first kappa shape index (κ1) is 17.5. The smallest absolute Gasteiger partial charge is 0.410 e. The van der Waals surface area contributed by atoms with E-state index >= 15 is 0 Å². The Bertz CT molecular complexity index is 574. The molecule has 0 spiro atoms. The number of nitrogens with zero attached hydrogens (tertiary/aromatic N) is 1. The molecule has 0 saturated carbocycles. The molecule has 0 bridgehead atoms. The highest BCUT2D eigenvalue weighted by molar-refractivity contribution is 5.96. The minimum absolute atomic E-state index is 0.0633. The van der Waals surface area contributed by atoms with Gasteiger partial charge in [-0.05, 0) is 53.0 Å². The van der Waals surface area contributed by atoms with Crippen LogP contribution in [-0.4, -0.2) is 35.0 Å². The number of carbonyl (C=O) groups is 2. The molecule has 126 valence electrons. The lowest BCUT2D eigenvalue weighted by molar-refractivity contribution is 0.00946. The molecule has 4 nitrogen and oxygen atoms in total. The minimum Gasteiger partial charge on any atom is -0.444 e. The van der Waals surface area contributed by atoms with Gasteiger partial charge in [0.15, 0.2) is 5.78 Å². The maximum atomic E-state index is 12.5. The molecule has 23 heavy (non-hydrogen) atoms. The molecule has 0 N–H and O–H groups in total. The van der Waals surface area contributed by atoms with Gasteiger partial charge in [0.2, 0.25) is 0 Å². The Labute approximate surface area is 138 Å². The molecule has 0 aliphatic carbocycles. The maximum absolute atomic E-state index is 12.5. The highest BCUT2D eigenvalue weighted by Crippen LogP contribution is 2.24. The lowest BCUT2D eigenvalue weighted by Crippen LogP contribution is -2.46. The zero-order chi connectivity index (χ0) is 17.0. The number of aryl methyl sites for hydroxylation is 1. The molecule has 1 fully saturated rings. The lowest BCUT2D eigenvalue weighted by Gasteiger charge is -2.36. The third-order valence-corrected chi connectivity index (χ3v) is 4.02. The molecule has 0 radical (unpaired) electrons. The predicted octanol–water partition coefficient (Wildman–Crippen LogP) is 4.36. The van der Waals surface area contributed by atoms with Crippen molar-refractivity contribution in [2.75, 3.05) is 6.54 Å². The molecular weight excluding hydrogens is 290 g/mol. The molecule has 1 unspecified atom stereocenters. The summed E-state index contributed by atoms with van der Waals surface area (Å²) in [5, 5.41) is 0. The van der Waals surface area contributed by atoms with Gasteiger partial charge in [0, 0.05) is 24.6 Å². The van der Waals surface area contributed by atoms with E-state index in [-0.39, 0.29) is 17.9 Å². The van der Waals surface area contributed by atoms with Crippen LogP contribution in [0.15, 0.2) is 24.3 Å². The third kappa shape index (κ3) is 5.08. The molecule has 0 aromatic heterocycles. The van der Waals surface area contributed by atoms with Gasteiger partial charge in [0.1, 0.15) is 5.60 Å². The number of likely N-dealkylation sites (tertiary alicyclic amines) is 1. The van der Waals surface area contributed by atoms with E-state index in [4.69, 9.17) is 4.74 Å². The summed E-state index contributed by atoms with van der Waals surface area (Å²) in [6.07, 6.45) is 2.93. The summed E-state index contributed by atoms with van der Waals surface area (Å²) in [6, 6.07) is 7.56. The molecule has 1 atom stereocenters. The summed E-state index contributed by atoms with van der Waals surface area (Å²) in [5.74, 6) is 0.0918. The number of hydrogen-bond donors (Lipinski definition) is 0. The fourth-order valence-electron chi connectivity index (χ4n) is 2.92. The Morgan fingerprint density at radius 2 is 2.00 bits per heavy atom. The van der Waals surface area contributed by atoms with Crippen LogP contribution in [-0.2, 0) is 4.74 Å². The van der Waals surface area contributed by atoms with Crippen molar-refractivity contribution < 1.29 is 14.3 Å². The van der Waals surface area contributed by atoms with Gasteiger partial charge in [-0.15, -0.1) is 0 Å². The first-order chi connectivity index (χ1) is 10.8. The Balaban J connectivity index is 2.06. The van der Waals surface area contributed by atoms with E-state index < -0.39 is 5.60 Å². The van der Waals surface area contributed by atoms with Gasteiger partial charge in [0.05, 0.1) is 0 Å². The summed E-state index contributed by atoms with van der Waals surface area (Å²) >= 11 is 0. The highest BCUT2D eigenvalue weighted by atomic mass is 16.6. The monoisotopic (exact) mass is 317 g/mol. The third-order valence-electron chi connectivity index (χ3n) is 4.02. The molecule has 1 aliphatic rings. The zero-order valence-electron chi connectivity index (χ0n) is 14.6. The molecular formula is C19H27NO3. The fourth-order valence-corrected chi connectivity index (χ4v) is 2.92. The molecule has 1 aliphatic heterocycles. The first-order valence-electron chi connectivity index (χ1n) is 8.36. The van der Waals surface area contributed by atoms with Gasteiger partial charge in [0.25, 0.3) is 0 Å². The molecule has 1 amide bonds. The Morgan fingerprint density at radius 3 is 2.65 bits per heavy atom. The second-order valence-electron chi connectivity index (χ2n) is 7.32. The second-order valence-corrected chi connectivity index (χ2v) is 7.32. The fraction of sp³-hybridized carbons (Fsp3) is 0.579. The van der Waals surface area contributed by atoms with Crippen LogP contribution in [0.4, 0.5) is 4.79 Å². The predicted molar refractivity (Wildman–Crippen MR) is 90.7 cm³/mol. The van der Waals surface area contributed by atoms with Gasteiger partial charge in [-0.2, -0.15) is 0 Å². The van der Waals surface area contributed by atoms with Crippen LogP contribution in [0.25, 0.3) is 0 Å². The highest BCUT2D eigenvalue weighted by Gasteiger charge is 2.31. The summed E-state index contributed by atoms with van der Waals surface area (Å²) in [4.78, 5) is 26.7. The van der Waals surface area contributed by atoms with Crippen molar-refractivity contribution in [3.8, 4) is 0 Å². The van der Waals surface area contributed by atoms with E-state index in [1.54, 1.807) is 4.90 Å². The summed E-state index contributed by atoms with van der Waals surface area (Å²) < 4.78 is 5.49. The van der Waals surface area contributed by atoms with E-state index in [2.05, 4.69) is 0 Å². The molecule has 1 saturated heterocycles. The zero-order valence-corrected chi connectivity index (χ0v) is 14.6. The lowest BCUT2D eigenvalue weighted by atomic mass is 9.95. The number of piperidine rings is 1. The maximum Gasteiger partial charge on any atom is 0.410 e. The van der Waals surface area contributed by atoms with Crippen molar-refractivity contribution in [1.82, 2.24) is 4.90 Å². The van der Waals surface area contributed by atoms with Gasteiger partial charge in [-0.25, -0.2) is 4.79 Å². The normalized spacial score (nSPS) is 18.6. The minimum atomic E-state index is -0.514. The van der Waals surface area contributed by atoms with Gasteiger partial charge in [-0.3, -0.25) is 4.79 Å². The Hall–Kier alpha value is -1.84. The van der Waals surface area contributed by atoms with E-state index in [0.717, 1.165) is 30.4 Å². The second kappa shape index (κ2) is 7.16. The Morgan fingerprint density at radius 1 is 1.26 bits per heavy atom. The topological polar surface area (TPSA) is 46.6 Å².